The van der Waals surface area contributed by atoms with E-state index in [9.17, 15) is 24.2 Å². The molecule has 0 bridgehead atoms. The Labute approximate surface area is 221 Å². The third kappa shape index (κ3) is 3.75. The molecule has 0 radical (unpaired) electrons. The molecule has 1 atom stereocenters. The Kier molecular flexibility index (Phi) is 5.83. The van der Waals surface area contributed by atoms with Gasteiger partial charge in [0.2, 0.25) is 5.43 Å². The number of fused-ring (bicyclic) bond motifs is 4. The van der Waals surface area contributed by atoms with E-state index in [1.54, 1.807) is 32.6 Å². The van der Waals surface area contributed by atoms with E-state index in [-0.39, 0.29) is 29.0 Å². The first-order valence-corrected chi connectivity index (χ1v) is 12.5. The summed E-state index contributed by atoms with van der Waals surface area (Å²) in [5, 5.41) is 22.4. The second-order valence-corrected chi connectivity index (χ2v) is 10.0. The number of hydrogen-bond donors (Lipinski definition) is 3. The number of anilines is 2. The predicted octanol–water partition coefficient (Wildman–Crippen LogP) is 3.40. The van der Waals surface area contributed by atoms with E-state index >= 15 is 4.39 Å². The highest BCUT2D eigenvalue weighted by Gasteiger charge is 2.35. The van der Waals surface area contributed by atoms with Crippen molar-refractivity contribution in [2.45, 2.75) is 12.8 Å². The number of aromatic carboxylic acids is 1. The predicted molar refractivity (Wildman–Crippen MR) is 142 cm³/mol. The van der Waals surface area contributed by atoms with E-state index in [0.717, 1.165) is 6.07 Å². The monoisotopic (exact) mass is 533 g/mol. The van der Waals surface area contributed by atoms with Crippen molar-refractivity contribution in [1.29, 1.82) is 0 Å². The Morgan fingerprint density at radius 1 is 1.21 bits per heavy atom. The molecule has 4 aromatic rings. The molecular weight excluding hydrogens is 508 g/mol. The molecule has 6 rings (SSSR count). The molecule has 200 valence electrons. The number of rotatable bonds is 5. The van der Waals surface area contributed by atoms with Crippen molar-refractivity contribution in [2.75, 3.05) is 37.0 Å². The van der Waals surface area contributed by atoms with Gasteiger partial charge in [-0.05, 0) is 18.1 Å². The van der Waals surface area contributed by atoms with Crippen molar-refractivity contribution in [2.24, 2.45) is 13.0 Å². The Morgan fingerprint density at radius 2 is 2.00 bits per heavy atom. The maximum absolute atomic E-state index is 15.5. The third-order valence-electron chi connectivity index (χ3n) is 7.74. The molecule has 4 heterocycles. The molecule has 39 heavy (non-hydrogen) atoms. The first-order valence-electron chi connectivity index (χ1n) is 12.5. The summed E-state index contributed by atoms with van der Waals surface area (Å²) in [4.78, 5) is 35.8. The van der Waals surface area contributed by atoms with Crippen molar-refractivity contribution in [3.63, 3.8) is 0 Å². The van der Waals surface area contributed by atoms with Crippen LogP contribution in [0, 0.1) is 17.6 Å². The summed E-state index contributed by atoms with van der Waals surface area (Å²) in [5.41, 5.74) is 3.20. The largest absolute Gasteiger partial charge is 0.477 e. The third-order valence-corrected chi connectivity index (χ3v) is 7.74. The van der Waals surface area contributed by atoms with Crippen LogP contribution in [-0.4, -0.2) is 57.5 Å². The molecule has 3 N–H and O–H groups in total. The Bertz CT molecular complexity index is 1750. The van der Waals surface area contributed by atoms with Crippen LogP contribution < -0.4 is 15.6 Å². The van der Waals surface area contributed by atoms with Gasteiger partial charge in [0, 0.05) is 98.7 Å². The van der Waals surface area contributed by atoms with E-state index in [1.807, 2.05) is 4.90 Å². The number of halogens is 2. The SMILES string of the molecule is CNc1cc(F)c(F)c2c1Cc1ncc(-c3cnc4c(c3)c(=O)c(C(=O)O)cn4C)c(N3CC[C@H](CO)C3)c1-2. The number of nitrogens with one attached hydrogen (secondary N) is 1. The number of carboxylic acid groups (broad SMARTS) is 1. The minimum Gasteiger partial charge on any atom is -0.477 e. The highest BCUT2D eigenvalue weighted by atomic mass is 19.2. The van der Waals surface area contributed by atoms with Gasteiger partial charge in [0.25, 0.3) is 0 Å². The highest BCUT2D eigenvalue weighted by molar-refractivity contribution is 5.98. The fraction of sp³-hybridized carbons (Fsp3) is 0.286. The van der Waals surface area contributed by atoms with Crippen molar-refractivity contribution in [1.82, 2.24) is 14.5 Å². The molecule has 0 unspecified atom stereocenters. The average molecular weight is 534 g/mol. The van der Waals surface area contributed by atoms with Gasteiger partial charge < -0.3 is 25.0 Å². The summed E-state index contributed by atoms with van der Waals surface area (Å²) < 4.78 is 31.7. The number of aryl methyl sites for hydroxylation is 1. The topological polar surface area (TPSA) is 121 Å². The highest BCUT2D eigenvalue weighted by Crippen LogP contribution is 2.50. The summed E-state index contributed by atoms with van der Waals surface area (Å²) in [6.45, 7) is 1.07. The molecule has 1 fully saturated rings. The van der Waals surface area contributed by atoms with Gasteiger partial charge in [0.1, 0.15) is 11.2 Å². The molecular formula is C28H25F2N5O4. The number of aromatic nitrogens is 3. The number of benzene rings is 1. The molecule has 3 aromatic heterocycles. The number of aliphatic hydroxyl groups excluding tert-OH is 1. The van der Waals surface area contributed by atoms with E-state index in [0.29, 0.717) is 70.9 Å². The van der Waals surface area contributed by atoms with Gasteiger partial charge >= 0.3 is 5.97 Å². The van der Waals surface area contributed by atoms with Crippen molar-refractivity contribution in [3.8, 4) is 22.3 Å². The van der Waals surface area contributed by atoms with Crippen molar-refractivity contribution in [3.05, 3.63) is 69.4 Å². The van der Waals surface area contributed by atoms with E-state index < -0.39 is 23.0 Å². The van der Waals surface area contributed by atoms with Gasteiger partial charge in [0.15, 0.2) is 11.6 Å². The number of nitrogens with zero attached hydrogens (tertiary/aromatic N) is 4. The maximum Gasteiger partial charge on any atom is 0.341 e. The normalized spacial score (nSPS) is 16.0. The second kappa shape index (κ2) is 9.12. The summed E-state index contributed by atoms with van der Waals surface area (Å²) in [7, 11) is 3.25. The molecule has 11 heteroatoms. The van der Waals surface area contributed by atoms with Crippen LogP contribution in [0.25, 0.3) is 33.3 Å². The molecule has 0 amide bonds. The van der Waals surface area contributed by atoms with Crippen LogP contribution in [0.1, 0.15) is 28.0 Å². The molecule has 0 saturated carbocycles. The van der Waals surface area contributed by atoms with Crippen molar-refractivity contribution >= 4 is 28.4 Å². The van der Waals surface area contributed by atoms with E-state index in [2.05, 4.69) is 15.3 Å². The Hall–Kier alpha value is -4.38. The fourth-order valence-electron chi connectivity index (χ4n) is 5.82. The summed E-state index contributed by atoms with van der Waals surface area (Å²) in [5.74, 6) is -3.27. The van der Waals surface area contributed by atoms with Crippen LogP contribution in [0.2, 0.25) is 0 Å². The van der Waals surface area contributed by atoms with Crippen LogP contribution in [0.4, 0.5) is 20.2 Å². The lowest BCUT2D eigenvalue weighted by Gasteiger charge is -2.26. The van der Waals surface area contributed by atoms with Gasteiger partial charge in [-0.2, -0.15) is 0 Å². The number of hydrogen-bond acceptors (Lipinski definition) is 7. The van der Waals surface area contributed by atoms with E-state index in [1.165, 1.54) is 10.8 Å². The second-order valence-electron chi connectivity index (χ2n) is 10.0. The molecule has 2 aliphatic rings. The zero-order valence-corrected chi connectivity index (χ0v) is 21.3. The number of pyridine rings is 3. The van der Waals surface area contributed by atoms with Gasteiger partial charge in [0.05, 0.1) is 16.8 Å². The van der Waals surface area contributed by atoms with Crippen LogP contribution in [0.15, 0.2) is 35.5 Å². The Balaban J connectivity index is 1.65. The fourth-order valence-corrected chi connectivity index (χ4v) is 5.82. The lowest BCUT2D eigenvalue weighted by molar-refractivity contribution is 0.0695. The van der Waals surface area contributed by atoms with Gasteiger partial charge in [-0.15, -0.1) is 0 Å². The molecule has 9 nitrogen and oxygen atoms in total. The standard InChI is InChI=1S/C28H25F2N5O4/c1-31-20-7-19(29)24(30)22-15(20)6-21-23(22)25(35-4-3-13(10-35)12-36)17(9-32-21)14-5-16-26(37)18(28(38)39)11-34(2)27(16)33-8-14/h5,7-9,11,13,31,36H,3-4,6,10,12H2,1-2H3,(H,38,39)/t13-/m0/s1. The summed E-state index contributed by atoms with van der Waals surface area (Å²) in [6.07, 6.45) is 5.45. The minimum absolute atomic E-state index is 0.00583. The molecule has 0 spiro atoms. The van der Waals surface area contributed by atoms with Gasteiger partial charge in [-0.1, -0.05) is 0 Å². The lowest BCUT2D eigenvalue weighted by Crippen LogP contribution is -2.23. The van der Waals surface area contributed by atoms with Crippen LogP contribution in [0.5, 0.6) is 0 Å². The maximum atomic E-state index is 15.5. The molecule has 1 saturated heterocycles. The molecule has 1 aromatic carbocycles. The first-order chi connectivity index (χ1) is 18.7. The number of carbonyl (C=O) groups is 1. The smallest absolute Gasteiger partial charge is 0.341 e. The van der Waals surface area contributed by atoms with Crippen LogP contribution >= 0.6 is 0 Å². The molecule has 1 aliphatic heterocycles. The number of carboxylic acids is 1. The van der Waals surface area contributed by atoms with Crippen LogP contribution in [-0.2, 0) is 13.5 Å². The summed E-state index contributed by atoms with van der Waals surface area (Å²) >= 11 is 0. The molecule has 1 aliphatic carbocycles. The van der Waals surface area contributed by atoms with Crippen LogP contribution in [0.3, 0.4) is 0 Å². The minimum atomic E-state index is -1.34. The van der Waals surface area contributed by atoms with Gasteiger partial charge in [-0.25, -0.2) is 18.6 Å². The van der Waals surface area contributed by atoms with Crippen molar-refractivity contribution < 1.29 is 23.8 Å². The van der Waals surface area contributed by atoms with E-state index in [4.69, 9.17) is 0 Å². The quantitative estimate of drug-likeness (QED) is 0.315. The Morgan fingerprint density at radius 3 is 2.69 bits per heavy atom. The van der Waals surface area contributed by atoms with Gasteiger partial charge in [-0.3, -0.25) is 9.78 Å². The number of aliphatic hydroxyl groups is 1. The zero-order chi connectivity index (χ0) is 27.6. The zero-order valence-electron chi connectivity index (χ0n) is 21.3. The lowest BCUT2D eigenvalue weighted by atomic mass is 9.97. The summed E-state index contributed by atoms with van der Waals surface area (Å²) in [6, 6.07) is 2.71. The average Bonchev–Trinajstić information content (AvgIpc) is 3.57. The first kappa shape index (κ1) is 24.9.